The van der Waals surface area contributed by atoms with Gasteiger partial charge in [-0.3, -0.25) is 24.8 Å². The molecule has 2 aromatic carbocycles. The molecule has 28 heavy (non-hydrogen) atoms. The highest BCUT2D eigenvalue weighted by Gasteiger charge is 2.39. The van der Waals surface area contributed by atoms with Crippen molar-refractivity contribution in [2.75, 3.05) is 0 Å². The largest absolute Gasteiger partial charge is 0.501 e. The first-order valence-corrected chi connectivity index (χ1v) is 7.47. The maximum Gasteiger partial charge on any atom is 0.423 e. The maximum absolute atomic E-state index is 13.1. The van der Waals surface area contributed by atoms with E-state index >= 15 is 0 Å². The van der Waals surface area contributed by atoms with Gasteiger partial charge in [0, 0.05) is 17.2 Å². The maximum atomic E-state index is 13.1. The molecule has 146 valence electrons. The van der Waals surface area contributed by atoms with Crippen molar-refractivity contribution in [3.05, 3.63) is 65.6 Å². The van der Waals surface area contributed by atoms with E-state index in [0.29, 0.717) is 16.7 Å². The number of phenols is 1. The van der Waals surface area contributed by atoms with Crippen LogP contribution in [0, 0.1) is 20.2 Å². The van der Waals surface area contributed by atoms with Crippen molar-refractivity contribution in [1.82, 2.24) is 9.55 Å². The molecule has 0 spiro atoms. The summed E-state index contributed by atoms with van der Waals surface area (Å²) in [5.74, 6) is -1.00. The third kappa shape index (κ3) is 3.00. The summed E-state index contributed by atoms with van der Waals surface area (Å²) in [5.41, 5.74) is -6.31. The van der Waals surface area contributed by atoms with Gasteiger partial charge < -0.3 is 10.1 Å². The van der Waals surface area contributed by atoms with E-state index in [4.69, 9.17) is 11.6 Å². The first-order valence-electron chi connectivity index (χ1n) is 7.09. The summed E-state index contributed by atoms with van der Waals surface area (Å²) in [6.45, 7) is 0. The van der Waals surface area contributed by atoms with E-state index in [1.807, 2.05) is 0 Å². The molecule has 0 bridgehead atoms. The van der Waals surface area contributed by atoms with Crippen molar-refractivity contribution < 1.29 is 28.1 Å². The summed E-state index contributed by atoms with van der Waals surface area (Å²) in [4.78, 5) is 34.1. The van der Waals surface area contributed by atoms with Gasteiger partial charge in [0.05, 0.1) is 20.9 Å². The average Bonchev–Trinajstić information content (AvgIpc) is 2.89. The number of aromatic hydroxyl groups is 1. The summed E-state index contributed by atoms with van der Waals surface area (Å²) in [6.07, 6.45) is -5.08. The number of benzene rings is 2. The second kappa shape index (κ2) is 6.23. The molecule has 0 aliphatic heterocycles. The van der Waals surface area contributed by atoms with Gasteiger partial charge in [0.15, 0.2) is 0 Å². The number of rotatable bonds is 3. The van der Waals surface area contributed by atoms with Crippen molar-refractivity contribution in [2.45, 2.75) is 6.18 Å². The number of hydrogen-bond acceptors (Lipinski definition) is 6. The Hall–Kier alpha value is -3.61. The number of nitrogens with zero attached hydrogens (tertiary/aromatic N) is 3. The van der Waals surface area contributed by atoms with Crippen LogP contribution in [0.3, 0.4) is 0 Å². The molecule has 0 aliphatic rings. The van der Waals surface area contributed by atoms with Crippen LogP contribution in [-0.2, 0) is 6.18 Å². The minimum Gasteiger partial charge on any atom is -0.501 e. The molecule has 3 aromatic rings. The number of imidazole rings is 1. The standard InChI is InChI=1S/C14H6ClF3N4O6/c15-5-1-10(12(23)11(2-5)22(27)28)20-9-4-8(21(25)26)6(14(16,17)18)3-7(9)19-13(20)24/h1-4,23H,(H,19,24). The fourth-order valence-electron chi connectivity index (χ4n) is 2.64. The Bertz CT molecular complexity index is 1220. The number of halogens is 4. The van der Waals surface area contributed by atoms with E-state index in [9.17, 15) is 43.3 Å². The van der Waals surface area contributed by atoms with Crippen LogP contribution in [-0.4, -0.2) is 24.5 Å². The van der Waals surface area contributed by atoms with Crippen molar-refractivity contribution in [2.24, 2.45) is 0 Å². The predicted octanol–water partition coefficient (Wildman–Crippen LogP) is 3.51. The number of H-pyrrole nitrogens is 1. The lowest BCUT2D eigenvalue weighted by Gasteiger charge is -2.10. The van der Waals surface area contributed by atoms with Gasteiger partial charge in [0.25, 0.3) is 5.69 Å². The molecule has 14 heteroatoms. The molecule has 10 nitrogen and oxygen atoms in total. The smallest absolute Gasteiger partial charge is 0.423 e. The Morgan fingerprint density at radius 2 is 1.68 bits per heavy atom. The minimum absolute atomic E-state index is 0.262. The van der Waals surface area contributed by atoms with E-state index in [1.165, 1.54) is 0 Å². The Balaban J connectivity index is 2.44. The first-order chi connectivity index (χ1) is 12.9. The summed E-state index contributed by atoms with van der Waals surface area (Å²) in [7, 11) is 0. The van der Waals surface area contributed by atoms with Crippen LogP contribution >= 0.6 is 11.6 Å². The number of aromatic amines is 1. The molecule has 0 amide bonds. The van der Waals surface area contributed by atoms with Gasteiger partial charge in [-0.25, -0.2) is 4.79 Å². The molecule has 0 saturated carbocycles. The molecule has 1 aromatic heterocycles. The fraction of sp³-hybridized carbons (Fsp3) is 0.0714. The van der Waals surface area contributed by atoms with Crippen LogP contribution in [0.25, 0.3) is 16.7 Å². The van der Waals surface area contributed by atoms with Crippen molar-refractivity contribution in [3.63, 3.8) is 0 Å². The monoisotopic (exact) mass is 418 g/mol. The van der Waals surface area contributed by atoms with Crippen LogP contribution < -0.4 is 5.69 Å². The average molecular weight is 419 g/mol. The van der Waals surface area contributed by atoms with E-state index in [1.54, 1.807) is 0 Å². The Morgan fingerprint density at radius 1 is 1.07 bits per heavy atom. The Labute approximate surface area is 155 Å². The number of phenolic OH excluding ortho intramolecular Hbond substituents is 1. The molecular formula is C14H6ClF3N4O6. The van der Waals surface area contributed by atoms with Gasteiger partial charge in [-0.05, 0) is 12.1 Å². The SMILES string of the molecule is O=c1[nH]c2cc(C(F)(F)F)c([N+](=O)[O-])cc2n1-c1cc(Cl)cc([N+](=O)[O-])c1O. The molecule has 0 unspecified atom stereocenters. The van der Waals surface area contributed by atoms with Crippen LogP contribution in [0.2, 0.25) is 5.02 Å². The quantitative estimate of drug-likeness (QED) is 0.492. The highest BCUT2D eigenvalue weighted by molar-refractivity contribution is 6.31. The van der Waals surface area contributed by atoms with Gasteiger partial charge >= 0.3 is 17.6 Å². The lowest BCUT2D eigenvalue weighted by atomic mass is 10.1. The zero-order valence-electron chi connectivity index (χ0n) is 13.2. The van der Waals surface area contributed by atoms with Crippen LogP contribution in [0.1, 0.15) is 5.56 Å². The number of aromatic nitrogens is 2. The van der Waals surface area contributed by atoms with Crippen molar-refractivity contribution >= 4 is 34.0 Å². The van der Waals surface area contributed by atoms with Crippen LogP contribution in [0.5, 0.6) is 5.75 Å². The summed E-state index contributed by atoms with van der Waals surface area (Å²) < 4.78 is 39.8. The van der Waals surface area contributed by atoms with Gasteiger partial charge in [0.2, 0.25) is 5.75 Å². The highest BCUT2D eigenvalue weighted by Crippen LogP contribution is 2.40. The normalized spacial score (nSPS) is 11.7. The van der Waals surface area contributed by atoms with Gasteiger partial charge in [0.1, 0.15) is 11.3 Å². The molecular weight excluding hydrogens is 413 g/mol. The van der Waals surface area contributed by atoms with E-state index in [0.717, 1.165) is 12.1 Å². The van der Waals surface area contributed by atoms with Crippen LogP contribution in [0.4, 0.5) is 24.5 Å². The molecule has 0 atom stereocenters. The Morgan fingerprint density at radius 3 is 2.21 bits per heavy atom. The van der Waals surface area contributed by atoms with Crippen LogP contribution in [0.15, 0.2) is 29.1 Å². The van der Waals surface area contributed by atoms with E-state index in [-0.39, 0.29) is 5.02 Å². The van der Waals surface area contributed by atoms with Gasteiger partial charge in [-0.1, -0.05) is 11.6 Å². The van der Waals surface area contributed by atoms with E-state index < -0.39 is 61.1 Å². The molecule has 3 rings (SSSR count). The second-order valence-corrected chi connectivity index (χ2v) is 5.89. The topological polar surface area (TPSA) is 144 Å². The molecule has 2 N–H and O–H groups in total. The summed E-state index contributed by atoms with van der Waals surface area (Å²) in [6, 6.07) is 2.58. The first kappa shape index (κ1) is 19.2. The van der Waals surface area contributed by atoms with Crippen molar-refractivity contribution in [3.8, 4) is 11.4 Å². The number of nitro benzene ring substituents is 2. The number of hydrogen-bond donors (Lipinski definition) is 2. The number of alkyl halides is 3. The zero-order valence-corrected chi connectivity index (χ0v) is 13.9. The molecule has 0 aliphatic carbocycles. The second-order valence-electron chi connectivity index (χ2n) is 5.46. The number of nitrogens with one attached hydrogen (secondary N) is 1. The molecule has 0 fully saturated rings. The summed E-state index contributed by atoms with van der Waals surface area (Å²) >= 11 is 5.76. The minimum atomic E-state index is -5.08. The highest BCUT2D eigenvalue weighted by atomic mass is 35.5. The fourth-order valence-corrected chi connectivity index (χ4v) is 2.85. The lowest BCUT2D eigenvalue weighted by Crippen LogP contribution is -2.15. The number of nitro groups is 2. The number of fused-ring (bicyclic) bond motifs is 1. The lowest BCUT2D eigenvalue weighted by molar-refractivity contribution is -0.387. The third-order valence-electron chi connectivity index (χ3n) is 3.77. The van der Waals surface area contributed by atoms with Gasteiger partial charge in [-0.2, -0.15) is 13.2 Å². The third-order valence-corrected chi connectivity index (χ3v) is 3.99. The van der Waals surface area contributed by atoms with Crippen molar-refractivity contribution in [1.29, 1.82) is 0 Å². The molecule has 1 heterocycles. The molecule has 0 saturated heterocycles. The summed E-state index contributed by atoms with van der Waals surface area (Å²) in [5, 5.41) is 32.0. The zero-order chi connectivity index (χ0) is 21.0. The molecule has 0 radical (unpaired) electrons. The van der Waals surface area contributed by atoms with Gasteiger partial charge in [-0.15, -0.1) is 0 Å². The predicted molar refractivity (Wildman–Crippen MR) is 88.9 cm³/mol. The van der Waals surface area contributed by atoms with E-state index in [2.05, 4.69) is 4.98 Å². The Kier molecular flexibility index (Phi) is 4.26.